The number of hydrogen-bond donors (Lipinski definition) is 2. The Morgan fingerprint density at radius 2 is 1.78 bits per heavy atom. The molecule has 0 radical (unpaired) electrons. The maximum atomic E-state index is 14.3. The van der Waals surface area contributed by atoms with Crippen LogP contribution in [0.4, 0.5) is 11.4 Å². The molecule has 0 saturated heterocycles. The van der Waals surface area contributed by atoms with Gasteiger partial charge in [-0.25, -0.2) is 0 Å². The van der Waals surface area contributed by atoms with Crippen molar-refractivity contribution in [1.29, 1.82) is 0 Å². The summed E-state index contributed by atoms with van der Waals surface area (Å²) < 4.78 is 0. The van der Waals surface area contributed by atoms with E-state index in [1.165, 1.54) is 11.8 Å². The van der Waals surface area contributed by atoms with Gasteiger partial charge >= 0.3 is 0 Å². The minimum absolute atomic E-state index is 0.117. The molecule has 1 aliphatic heterocycles. The Morgan fingerprint density at radius 3 is 2.49 bits per heavy atom. The molecule has 2 N–H and O–H groups in total. The lowest BCUT2D eigenvalue weighted by molar-refractivity contribution is -0.129. The summed E-state index contributed by atoms with van der Waals surface area (Å²) in [4.78, 5) is 48.5. The first-order valence-corrected chi connectivity index (χ1v) is 13.7. The van der Waals surface area contributed by atoms with Crippen molar-refractivity contribution in [3.63, 3.8) is 0 Å². The van der Waals surface area contributed by atoms with Crippen LogP contribution in [0, 0.1) is 6.92 Å². The van der Waals surface area contributed by atoms with Gasteiger partial charge < -0.3 is 20.4 Å². The molecule has 0 fully saturated rings. The van der Waals surface area contributed by atoms with E-state index in [2.05, 4.69) is 15.6 Å². The third-order valence-corrected chi connectivity index (χ3v) is 7.47. The van der Waals surface area contributed by atoms with Crippen LogP contribution in [-0.2, 0) is 20.9 Å². The molecule has 0 saturated carbocycles. The number of rotatable bonds is 7. The molecular formula is C28H33N5O3S. The molecule has 2 heterocycles. The zero-order valence-electron chi connectivity index (χ0n) is 21.8. The SMILES string of the molecule is CN[C@@H](C)C(=O)NC1C(=O)N(Cc2c(C)cnc3ccccc23)c2ccccc2N(C(=O)CSC)[C@H]1C. The van der Waals surface area contributed by atoms with E-state index in [0.717, 1.165) is 22.0 Å². The molecule has 3 atom stereocenters. The minimum atomic E-state index is -0.935. The number of carbonyl (C=O) groups excluding carboxylic acids is 3. The minimum Gasteiger partial charge on any atom is -0.341 e. The van der Waals surface area contributed by atoms with Crippen molar-refractivity contribution in [2.75, 3.05) is 28.9 Å². The Kier molecular flexibility index (Phi) is 8.14. The summed E-state index contributed by atoms with van der Waals surface area (Å²) in [6.45, 7) is 5.80. The number of anilines is 2. The van der Waals surface area contributed by atoms with Gasteiger partial charge in [0.2, 0.25) is 11.8 Å². The Balaban J connectivity index is 1.88. The van der Waals surface area contributed by atoms with E-state index in [0.29, 0.717) is 11.4 Å². The van der Waals surface area contributed by atoms with Gasteiger partial charge in [0.05, 0.1) is 41.3 Å². The zero-order valence-corrected chi connectivity index (χ0v) is 22.6. The van der Waals surface area contributed by atoms with Crippen molar-refractivity contribution in [2.45, 2.75) is 45.4 Å². The highest BCUT2D eigenvalue weighted by Gasteiger charge is 2.42. The third-order valence-electron chi connectivity index (χ3n) is 6.93. The van der Waals surface area contributed by atoms with Crippen LogP contribution < -0.4 is 20.4 Å². The first kappa shape index (κ1) is 26.6. The highest BCUT2D eigenvalue weighted by molar-refractivity contribution is 7.99. The molecule has 1 aromatic heterocycles. The number of thioether (sulfide) groups is 1. The average Bonchev–Trinajstić information content (AvgIpc) is 2.98. The van der Waals surface area contributed by atoms with Crippen molar-refractivity contribution >= 4 is 51.8 Å². The van der Waals surface area contributed by atoms with Gasteiger partial charge in [-0.15, -0.1) is 0 Å². The number of benzene rings is 2. The summed E-state index contributed by atoms with van der Waals surface area (Å²) in [6, 6.07) is 13.3. The number of aromatic nitrogens is 1. The topological polar surface area (TPSA) is 94.6 Å². The largest absolute Gasteiger partial charge is 0.341 e. The molecule has 3 aromatic rings. The van der Waals surface area contributed by atoms with Crippen LogP contribution in [0.15, 0.2) is 54.7 Å². The van der Waals surface area contributed by atoms with Gasteiger partial charge in [0.1, 0.15) is 6.04 Å². The molecule has 194 valence electrons. The molecule has 3 amide bonds. The summed E-state index contributed by atoms with van der Waals surface area (Å²) in [5.41, 5.74) is 4.06. The number of hydrogen-bond acceptors (Lipinski definition) is 6. The Morgan fingerprint density at radius 1 is 1.11 bits per heavy atom. The molecule has 0 bridgehead atoms. The number of carbonyl (C=O) groups is 3. The van der Waals surface area contributed by atoms with E-state index >= 15 is 0 Å². The molecule has 0 aliphatic carbocycles. The van der Waals surface area contributed by atoms with E-state index in [9.17, 15) is 14.4 Å². The van der Waals surface area contributed by atoms with Gasteiger partial charge in [-0.2, -0.15) is 11.8 Å². The van der Waals surface area contributed by atoms with Gasteiger partial charge in [0.15, 0.2) is 0 Å². The summed E-state index contributed by atoms with van der Waals surface area (Å²) in [5.74, 6) is -0.430. The number of fused-ring (bicyclic) bond motifs is 2. The molecule has 1 unspecified atom stereocenters. The second kappa shape index (κ2) is 11.3. The first-order valence-electron chi connectivity index (χ1n) is 12.3. The summed E-state index contributed by atoms with van der Waals surface area (Å²) in [6.07, 6.45) is 3.69. The smallest absolute Gasteiger partial charge is 0.252 e. The Hall–Kier alpha value is -3.43. The Labute approximate surface area is 221 Å². The predicted octanol–water partition coefficient (Wildman–Crippen LogP) is 3.27. The van der Waals surface area contributed by atoms with E-state index in [1.807, 2.05) is 74.8 Å². The van der Waals surface area contributed by atoms with Crippen LogP contribution >= 0.6 is 11.8 Å². The lowest BCUT2D eigenvalue weighted by Gasteiger charge is -2.32. The standard InChI is InChI=1S/C28H33N5O3S/c1-17-14-30-22-11-7-6-10-20(22)21(17)15-32-23-12-8-9-13-24(23)33(25(34)16-37-5)19(3)26(28(32)36)31-27(35)18(2)29-4/h6-14,18-19,26,29H,15-16H2,1-5H3,(H,31,35)/t18-,19-,26?/m0/s1. The van der Waals surface area contributed by atoms with Crippen molar-refractivity contribution in [1.82, 2.24) is 15.6 Å². The fourth-order valence-corrected chi connectivity index (χ4v) is 5.12. The van der Waals surface area contributed by atoms with E-state index < -0.39 is 18.1 Å². The number of nitrogens with one attached hydrogen (secondary N) is 2. The first-order chi connectivity index (χ1) is 17.8. The molecule has 9 heteroatoms. The maximum Gasteiger partial charge on any atom is 0.252 e. The van der Waals surface area contributed by atoms with Crippen LogP contribution in [0.5, 0.6) is 0 Å². The number of aryl methyl sites for hydroxylation is 1. The normalized spacial score (nSPS) is 18.4. The average molecular weight is 520 g/mol. The number of amides is 3. The van der Waals surface area contributed by atoms with Crippen LogP contribution in [0.25, 0.3) is 10.9 Å². The molecule has 4 rings (SSSR count). The quantitative estimate of drug-likeness (QED) is 0.498. The van der Waals surface area contributed by atoms with Crippen LogP contribution in [0.1, 0.15) is 25.0 Å². The van der Waals surface area contributed by atoms with Crippen molar-refractivity contribution in [3.8, 4) is 0 Å². The van der Waals surface area contributed by atoms with Gasteiger partial charge in [-0.3, -0.25) is 19.4 Å². The van der Waals surface area contributed by atoms with E-state index in [1.54, 1.807) is 23.8 Å². The van der Waals surface area contributed by atoms with Gasteiger partial charge in [-0.1, -0.05) is 30.3 Å². The van der Waals surface area contributed by atoms with Crippen molar-refractivity contribution < 1.29 is 14.4 Å². The summed E-state index contributed by atoms with van der Waals surface area (Å²) in [7, 11) is 1.69. The summed E-state index contributed by atoms with van der Waals surface area (Å²) >= 11 is 1.42. The number of pyridine rings is 1. The second-order valence-corrected chi connectivity index (χ2v) is 10.2. The van der Waals surface area contributed by atoms with Gasteiger partial charge in [-0.05, 0) is 63.4 Å². The fraction of sp³-hybridized carbons (Fsp3) is 0.357. The second-order valence-electron chi connectivity index (χ2n) is 9.28. The summed E-state index contributed by atoms with van der Waals surface area (Å²) in [5, 5.41) is 6.82. The Bertz CT molecular complexity index is 1330. The molecule has 1 aliphatic rings. The van der Waals surface area contributed by atoms with Gasteiger partial charge in [0.25, 0.3) is 5.91 Å². The van der Waals surface area contributed by atoms with Crippen molar-refractivity contribution in [2.24, 2.45) is 0 Å². The van der Waals surface area contributed by atoms with Gasteiger partial charge in [0, 0.05) is 11.6 Å². The lowest BCUT2D eigenvalue weighted by atomic mass is 10.0. The fourth-order valence-electron chi connectivity index (χ4n) is 4.73. The zero-order chi connectivity index (χ0) is 26.7. The predicted molar refractivity (Wildman–Crippen MR) is 150 cm³/mol. The number of nitrogens with zero attached hydrogens (tertiary/aromatic N) is 3. The highest BCUT2D eigenvalue weighted by Crippen LogP contribution is 2.37. The van der Waals surface area contributed by atoms with Crippen LogP contribution in [-0.4, -0.2) is 59.9 Å². The lowest BCUT2D eigenvalue weighted by Crippen LogP contribution is -2.60. The van der Waals surface area contributed by atoms with E-state index in [-0.39, 0.29) is 30.0 Å². The van der Waals surface area contributed by atoms with Crippen LogP contribution in [0.2, 0.25) is 0 Å². The van der Waals surface area contributed by atoms with Crippen molar-refractivity contribution in [3.05, 3.63) is 65.9 Å². The van der Waals surface area contributed by atoms with E-state index in [4.69, 9.17) is 0 Å². The molecule has 0 spiro atoms. The third kappa shape index (κ3) is 5.19. The molecule has 37 heavy (non-hydrogen) atoms. The number of likely N-dealkylation sites (N-methyl/N-ethyl adjacent to an activating group) is 1. The van der Waals surface area contributed by atoms with Crippen LogP contribution in [0.3, 0.4) is 0 Å². The molecular weight excluding hydrogens is 486 g/mol. The monoisotopic (exact) mass is 519 g/mol. The molecule has 8 nitrogen and oxygen atoms in total. The molecule has 2 aromatic carbocycles. The maximum absolute atomic E-state index is 14.3. The highest BCUT2D eigenvalue weighted by atomic mass is 32.2. The number of para-hydroxylation sites is 3.